The summed E-state index contributed by atoms with van der Waals surface area (Å²) in [6, 6.07) is -0.478. The number of carbonyl (C=O) groups excluding carboxylic acids is 1. The lowest BCUT2D eigenvalue weighted by Gasteiger charge is -2.25. The standard InChI is InChI=1S/C11H22N2O4S/c1-17-7-6-13(9-3-4-9)11(14)10(12)5-8-18(2,15)16/h9-10H,3-8,12H2,1-2H3. The third kappa shape index (κ3) is 5.32. The zero-order valence-corrected chi connectivity index (χ0v) is 11.8. The van der Waals surface area contributed by atoms with Crippen LogP contribution in [0.5, 0.6) is 0 Å². The van der Waals surface area contributed by atoms with Crippen molar-refractivity contribution in [2.24, 2.45) is 5.73 Å². The number of ether oxygens (including phenoxy) is 1. The molecule has 1 saturated carbocycles. The summed E-state index contributed by atoms with van der Waals surface area (Å²) in [4.78, 5) is 13.8. The second-order valence-corrected chi connectivity index (χ2v) is 7.04. The van der Waals surface area contributed by atoms with E-state index in [0.717, 1.165) is 19.1 Å². The number of hydrogen-bond donors (Lipinski definition) is 1. The Morgan fingerprint density at radius 1 is 1.50 bits per heavy atom. The molecule has 18 heavy (non-hydrogen) atoms. The monoisotopic (exact) mass is 278 g/mol. The number of amides is 1. The summed E-state index contributed by atoms with van der Waals surface area (Å²) in [7, 11) is -1.49. The fraction of sp³-hybridized carbons (Fsp3) is 0.909. The van der Waals surface area contributed by atoms with Crippen LogP contribution >= 0.6 is 0 Å². The fourth-order valence-electron chi connectivity index (χ4n) is 1.73. The SMILES string of the molecule is COCCN(C(=O)C(N)CCS(C)(=O)=O)C1CC1. The molecule has 1 aliphatic rings. The Kier molecular flexibility index (Phi) is 5.55. The van der Waals surface area contributed by atoms with Crippen molar-refractivity contribution in [1.29, 1.82) is 0 Å². The van der Waals surface area contributed by atoms with Gasteiger partial charge in [-0.25, -0.2) is 8.42 Å². The van der Waals surface area contributed by atoms with Gasteiger partial charge in [-0.2, -0.15) is 0 Å². The Morgan fingerprint density at radius 2 is 2.11 bits per heavy atom. The molecule has 0 saturated heterocycles. The summed E-state index contributed by atoms with van der Waals surface area (Å²) in [5.41, 5.74) is 5.77. The highest BCUT2D eigenvalue weighted by Gasteiger charge is 2.34. The van der Waals surface area contributed by atoms with Crippen molar-refractivity contribution >= 4 is 15.7 Å². The lowest BCUT2D eigenvalue weighted by Crippen LogP contribution is -2.46. The lowest BCUT2D eigenvalue weighted by molar-refractivity contribution is -0.133. The van der Waals surface area contributed by atoms with Gasteiger partial charge >= 0.3 is 0 Å². The van der Waals surface area contributed by atoms with Crippen molar-refractivity contribution in [2.45, 2.75) is 31.3 Å². The molecule has 1 unspecified atom stereocenters. The zero-order valence-electron chi connectivity index (χ0n) is 11.0. The van der Waals surface area contributed by atoms with Gasteiger partial charge in [-0.15, -0.1) is 0 Å². The van der Waals surface area contributed by atoms with Crippen molar-refractivity contribution in [2.75, 3.05) is 32.3 Å². The van der Waals surface area contributed by atoms with E-state index in [0.29, 0.717) is 13.2 Å². The predicted molar refractivity (Wildman–Crippen MR) is 68.9 cm³/mol. The van der Waals surface area contributed by atoms with E-state index in [9.17, 15) is 13.2 Å². The average Bonchev–Trinajstić information content (AvgIpc) is 3.09. The summed E-state index contributed by atoms with van der Waals surface area (Å²) in [6.07, 6.45) is 3.31. The molecule has 6 nitrogen and oxygen atoms in total. The molecule has 0 aromatic heterocycles. The van der Waals surface area contributed by atoms with E-state index in [-0.39, 0.29) is 24.1 Å². The van der Waals surface area contributed by atoms with Gasteiger partial charge in [-0.3, -0.25) is 4.79 Å². The first-order chi connectivity index (χ1) is 8.35. The highest BCUT2D eigenvalue weighted by molar-refractivity contribution is 7.90. The van der Waals surface area contributed by atoms with Gasteiger partial charge in [-0.1, -0.05) is 0 Å². The van der Waals surface area contributed by atoms with Crippen LogP contribution in [0.3, 0.4) is 0 Å². The first-order valence-corrected chi connectivity index (χ1v) is 8.14. The van der Waals surface area contributed by atoms with Crippen LogP contribution in [0.15, 0.2) is 0 Å². The summed E-state index contributed by atoms with van der Waals surface area (Å²) in [5.74, 6) is -0.221. The van der Waals surface area contributed by atoms with Crippen LogP contribution in [-0.4, -0.2) is 63.6 Å². The molecule has 0 aromatic carbocycles. The minimum absolute atomic E-state index is 0.0529. The Morgan fingerprint density at radius 3 is 2.56 bits per heavy atom. The largest absolute Gasteiger partial charge is 0.383 e. The molecule has 0 aliphatic heterocycles. The first kappa shape index (κ1) is 15.4. The van der Waals surface area contributed by atoms with E-state index in [1.807, 2.05) is 0 Å². The second kappa shape index (κ2) is 6.49. The van der Waals surface area contributed by atoms with Crippen LogP contribution in [0.2, 0.25) is 0 Å². The minimum Gasteiger partial charge on any atom is -0.383 e. The Hall–Kier alpha value is -0.660. The molecule has 7 heteroatoms. The van der Waals surface area contributed by atoms with Gasteiger partial charge in [-0.05, 0) is 19.3 Å². The number of hydrogen-bond acceptors (Lipinski definition) is 5. The van der Waals surface area contributed by atoms with Crippen LogP contribution in [0.4, 0.5) is 0 Å². The summed E-state index contributed by atoms with van der Waals surface area (Å²) in [5, 5.41) is 0. The molecule has 0 radical (unpaired) electrons. The fourth-order valence-corrected chi connectivity index (χ4v) is 2.41. The van der Waals surface area contributed by atoms with Crippen LogP contribution < -0.4 is 5.73 Å². The molecule has 1 aliphatic carbocycles. The third-order valence-corrected chi connectivity index (χ3v) is 3.90. The molecule has 0 spiro atoms. The van der Waals surface area contributed by atoms with Gasteiger partial charge in [0.1, 0.15) is 9.84 Å². The quantitative estimate of drug-likeness (QED) is 0.639. The minimum atomic E-state index is -3.08. The van der Waals surface area contributed by atoms with Gasteiger partial charge in [0, 0.05) is 26.0 Å². The van der Waals surface area contributed by atoms with E-state index in [4.69, 9.17) is 10.5 Å². The number of nitrogens with zero attached hydrogens (tertiary/aromatic N) is 1. The van der Waals surface area contributed by atoms with Crippen molar-refractivity contribution in [3.63, 3.8) is 0 Å². The highest BCUT2D eigenvalue weighted by atomic mass is 32.2. The Bertz CT molecular complexity index is 379. The van der Waals surface area contributed by atoms with E-state index < -0.39 is 15.9 Å². The maximum absolute atomic E-state index is 12.1. The van der Waals surface area contributed by atoms with Gasteiger partial charge in [0.2, 0.25) is 5.91 Å². The topological polar surface area (TPSA) is 89.7 Å². The van der Waals surface area contributed by atoms with Gasteiger partial charge < -0.3 is 15.4 Å². The first-order valence-electron chi connectivity index (χ1n) is 6.08. The molecular formula is C11H22N2O4S. The van der Waals surface area contributed by atoms with Crippen LogP contribution in [-0.2, 0) is 19.4 Å². The zero-order chi connectivity index (χ0) is 13.8. The van der Waals surface area contributed by atoms with E-state index in [1.165, 1.54) is 0 Å². The summed E-state index contributed by atoms with van der Waals surface area (Å²) in [6.45, 7) is 0.994. The highest BCUT2D eigenvalue weighted by Crippen LogP contribution is 2.27. The summed E-state index contributed by atoms with van der Waals surface area (Å²) >= 11 is 0. The number of nitrogens with two attached hydrogens (primary N) is 1. The normalized spacial score (nSPS) is 17.5. The number of carbonyl (C=O) groups is 1. The van der Waals surface area contributed by atoms with Crippen molar-refractivity contribution in [1.82, 2.24) is 4.90 Å². The molecule has 1 rings (SSSR count). The second-order valence-electron chi connectivity index (χ2n) is 4.78. The molecule has 1 amide bonds. The van der Waals surface area contributed by atoms with Crippen molar-refractivity contribution in [3.8, 4) is 0 Å². The maximum atomic E-state index is 12.1. The van der Waals surface area contributed by atoms with E-state index >= 15 is 0 Å². The summed E-state index contributed by atoms with van der Waals surface area (Å²) < 4.78 is 27.1. The lowest BCUT2D eigenvalue weighted by atomic mass is 10.2. The molecule has 0 bridgehead atoms. The molecule has 0 heterocycles. The smallest absolute Gasteiger partial charge is 0.239 e. The number of methoxy groups -OCH3 is 1. The van der Waals surface area contributed by atoms with Gasteiger partial charge in [0.25, 0.3) is 0 Å². The van der Waals surface area contributed by atoms with Crippen LogP contribution in [0.1, 0.15) is 19.3 Å². The Labute approximate surface area is 108 Å². The molecule has 2 N–H and O–H groups in total. The molecule has 1 fully saturated rings. The van der Waals surface area contributed by atoms with Gasteiger partial charge in [0.05, 0.1) is 18.4 Å². The van der Waals surface area contributed by atoms with Gasteiger partial charge in [0.15, 0.2) is 0 Å². The number of rotatable bonds is 8. The van der Waals surface area contributed by atoms with Crippen LogP contribution in [0.25, 0.3) is 0 Å². The molecule has 1 atom stereocenters. The molecule has 0 aromatic rings. The Balaban J connectivity index is 2.48. The van der Waals surface area contributed by atoms with E-state index in [1.54, 1.807) is 12.0 Å². The average molecular weight is 278 g/mol. The van der Waals surface area contributed by atoms with E-state index in [2.05, 4.69) is 0 Å². The maximum Gasteiger partial charge on any atom is 0.239 e. The van der Waals surface area contributed by atoms with Crippen molar-refractivity contribution < 1.29 is 17.9 Å². The third-order valence-electron chi connectivity index (χ3n) is 2.92. The number of sulfone groups is 1. The molecular weight excluding hydrogens is 256 g/mol. The predicted octanol–water partition coefficient (Wildman–Crippen LogP) is -0.614. The van der Waals surface area contributed by atoms with Crippen LogP contribution in [0, 0.1) is 0 Å². The van der Waals surface area contributed by atoms with Crippen molar-refractivity contribution in [3.05, 3.63) is 0 Å². The molecule has 106 valence electrons.